The van der Waals surface area contributed by atoms with Crippen molar-refractivity contribution in [2.24, 2.45) is 0 Å². The van der Waals surface area contributed by atoms with Gasteiger partial charge in [0.15, 0.2) is 5.82 Å². The average Bonchev–Trinajstić information content (AvgIpc) is 3.35. The van der Waals surface area contributed by atoms with E-state index in [4.69, 9.17) is 0 Å². The lowest BCUT2D eigenvalue weighted by molar-refractivity contribution is -0.114. The predicted molar refractivity (Wildman–Crippen MR) is 92.5 cm³/mol. The second kappa shape index (κ2) is 5.82. The minimum atomic E-state index is -3.04. The van der Waals surface area contributed by atoms with Gasteiger partial charge in [-0.2, -0.15) is 13.9 Å². The van der Waals surface area contributed by atoms with Crippen LogP contribution in [0, 0.1) is 0 Å². The zero-order valence-corrected chi connectivity index (χ0v) is 14.3. The molecule has 0 unspecified atom stereocenters. The standard InChI is InChI=1S/C18H17F2N5O/c1-10(26)22-15-8-13-12(9-21-15)17(11-6-7-11)24-25(13)16-5-3-4-14(23-16)18(2,19)20/h3-5,8-9,11H,6-7H2,1-2H3,(H,21,22,26). The van der Waals surface area contributed by atoms with Crippen LogP contribution in [-0.4, -0.2) is 25.7 Å². The second-order valence-electron chi connectivity index (χ2n) is 6.61. The molecule has 1 aliphatic carbocycles. The van der Waals surface area contributed by atoms with Crippen molar-refractivity contribution in [1.29, 1.82) is 0 Å². The Morgan fingerprint density at radius 1 is 1.35 bits per heavy atom. The summed E-state index contributed by atoms with van der Waals surface area (Å²) in [6.07, 6.45) is 3.75. The fourth-order valence-corrected chi connectivity index (χ4v) is 2.90. The monoisotopic (exact) mass is 357 g/mol. The van der Waals surface area contributed by atoms with Crippen molar-refractivity contribution in [3.8, 4) is 5.82 Å². The van der Waals surface area contributed by atoms with Crippen LogP contribution in [0.15, 0.2) is 30.5 Å². The lowest BCUT2D eigenvalue weighted by Gasteiger charge is -2.11. The van der Waals surface area contributed by atoms with Gasteiger partial charge in [0.2, 0.25) is 5.91 Å². The van der Waals surface area contributed by atoms with E-state index in [0.29, 0.717) is 23.1 Å². The van der Waals surface area contributed by atoms with E-state index < -0.39 is 5.92 Å². The van der Waals surface area contributed by atoms with Crippen LogP contribution in [0.4, 0.5) is 14.6 Å². The van der Waals surface area contributed by atoms with Crippen LogP contribution in [0.1, 0.15) is 44.0 Å². The lowest BCUT2D eigenvalue weighted by Crippen LogP contribution is -2.12. The van der Waals surface area contributed by atoms with Crippen molar-refractivity contribution < 1.29 is 13.6 Å². The maximum Gasteiger partial charge on any atom is 0.287 e. The molecule has 3 aromatic heterocycles. The summed E-state index contributed by atoms with van der Waals surface area (Å²) in [4.78, 5) is 19.7. The number of carbonyl (C=O) groups excluding carboxylic acids is 1. The average molecular weight is 357 g/mol. The number of amides is 1. The molecule has 6 nitrogen and oxygen atoms in total. The van der Waals surface area contributed by atoms with Gasteiger partial charge in [-0.1, -0.05) is 6.07 Å². The van der Waals surface area contributed by atoms with Gasteiger partial charge in [-0.15, -0.1) is 0 Å². The first-order chi connectivity index (χ1) is 12.3. The molecule has 0 spiro atoms. The van der Waals surface area contributed by atoms with Crippen LogP contribution in [0.2, 0.25) is 0 Å². The third kappa shape index (κ3) is 3.02. The maximum absolute atomic E-state index is 13.7. The third-order valence-corrected chi connectivity index (χ3v) is 4.26. The van der Waals surface area contributed by atoms with Crippen molar-refractivity contribution in [2.75, 3.05) is 5.32 Å². The Bertz CT molecular complexity index is 1000. The summed E-state index contributed by atoms with van der Waals surface area (Å²) in [6, 6.07) is 6.15. The van der Waals surface area contributed by atoms with Gasteiger partial charge in [0.1, 0.15) is 11.5 Å². The molecule has 0 radical (unpaired) electrons. The molecule has 0 aliphatic heterocycles. The predicted octanol–water partition coefficient (Wildman–Crippen LogP) is 3.76. The van der Waals surface area contributed by atoms with Crippen LogP contribution in [0.5, 0.6) is 0 Å². The second-order valence-corrected chi connectivity index (χ2v) is 6.61. The Morgan fingerprint density at radius 3 is 2.77 bits per heavy atom. The number of fused-ring (bicyclic) bond motifs is 1. The molecule has 134 valence electrons. The summed E-state index contributed by atoms with van der Waals surface area (Å²) in [5.74, 6) is -2.24. The number of aromatic nitrogens is 4. The number of hydrogen-bond donors (Lipinski definition) is 1. The topological polar surface area (TPSA) is 72.7 Å². The minimum absolute atomic E-state index is 0.240. The van der Waals surface area contributed by atoms with E-state index >= 15 is 0 Å². The van der Waals surface area contributed by atoms with Crippen molar-refractivity contribution >= 4 is 22.6 Å². The van der Waals surface area contributed by atoms with Gasteiger partial charge in [0.25, 0.3) is 5.92 Å². The van der Waals surface area contributed by atoms with E-state index in [1.807, 2.05) is 0 Å². The summed E-state index contributed by atoms with van der Waals surface area (Å²) < 4.78 is 28.9. The van der Waals surface area contributed by atoms with E-state index in [0.717, 1.165) is 30.8 Å². The molecule has 0 bridgehead atoms. The van der Waals surface area contributed by atoms with Crippen LogP contribution in [-0.2, 0) is 10.7 Å². The Morgan fingerprint density at radius 2 is 2.12 bits per heavy atom. The number of anilines is 1. The Labute approximate surface area is 148 Å². The number of rotatable bonds is 4. The summed E-state index contributed by atoms with van der Waals surface area (Å²) in [5, 5.41) is 8.10. The van der Waals surface area contributed by atoms with Gasteiger partial charge in [0.05, 0.1) is 11.2 Å². The molecule has 3 heterocycles. The van der Waals surface area contributed by atoms with Gasteiger partial charge in [-0.05, 0) is 25.0 Å². The summed E-state index contributed by atoms with van der Waals surface area (Å²) in [7, 11) is 0. The highest BCUT2D eigenvalue weighted by Gasteiger charge is 2.31. The Hall–Kier alpha value is -2.90. The van der Waals surface area contributed by atoms with Crippen LogP contribution >= 0.6 is 0 Å². The van der Waals surface area contributed by atoms with Gasteiger partial charge >= 0.3 is 0 Å². The first-order valence-corrected chi connectivity index (χ1v) is 8.35. The van der Waals surface area contributed by atoms with Gasteiger partial charge in [-0.3, -0.25) is 4.79 Å². The van der Waals surface area contributed by atoms with E-state index in [9.17, 15) is 13.6 Å². The molecule has 1 amide bonds. The first kappa shape index (κ1) is 16.6. The first-order valence-electron chi connectivity index (χ1n) is 8.35. The van der Waals surface area contributed by atoms with E-state index in [2.05, 4.69) is 20.4 Å². The number of nitrogens with zero attached hydrogens (tertiary/aromatic N) is 4. The van der Waals surface area contributed by atoms with Crippen LogP contribution in [0.25, 0.3) is 16.7 Å². The molecule has 1 N–H and O–H groups in total. The fourth-order valence-electron chi connectivity index (χ4n) is 2.90. The van der Waals surface area contributed by atoms with Crippen molar-refractivity contribution in [1.82, 2.24) is 19.7 Å². The van der Waals surface area contributed by atoms with Crippen molar-refractivity contribution in [3.63, 3.8) is 0 Å². The molecule has 3 aromatic rings. The number of nitrogens with one attached hydrogen (secondary N) is 1. The van der Waals surface area contributed by atoms with Gasteiger partial charge in [-0.25, -0.2) is 14.6 Å². The smallest absolute Gasteiger partial charge is 0.287 e. The molecule has 4 rings (SSSR count). The zero-order valence-electron chi connectivity index (χ0n) is 14.3. The largest absolute Gasteiger partial charge is 0.311 e. The molecule has 0 aromatic carbocycles. The number of halogens is 2. The molecule has 0 saturated heterocycles. The molecule has 0 atom stereocenters. The van der Waals surface area contributed by atoms with Crippen molar-refractivity contribution in [2.45, 2.75) is 38.5 Å². The Kier molecular flexibility index (Phi) is 3.71. The Balaban J connectivity index is 1.89. The van der Waals surface area contributed by atoms with E-state index in [1.165, 1.54) is 19.1 Å². The summed E-state index contributed by atoms with van der Waals surface area (Å²) in [5.41, 5.74) is 1.25. The minimum Gasteiger partial charge on any atom is -0.311 e. The molecule has 8 heteroatoms. The molecule has 1 aliphatic rings. The highest BCUT2D eigenvalue weighted by molar-refractivity contribution is 5.91. The molecular formula is C18H17F2N5O. The zero-order chi connectivity index (χ0) is 18.5. The number of hydrogen-bond acceptors (Lipinski definition) is 4. The third-order valence-electron chi connectivity index (χ3n) is 4.26. The fraction of sp³-hybridized carbons (Fsp3) is 0.333. The number of alkyl halides is 2. The number of pyridine rings is 2. The molecule has 1 fully saturated rings. The summed E-state index contributed by atoms with van der Waals surface area (Å²) in [6.45, 7) is 2.21. The van der Waals surface area contributed by atoms with E-state index in [-0.39, 0.29) is 11.6 Å². The van der Waals surface area contributed by atoms with Gasteiger partial charge in [0, 0.05) is 37.4 Å². The molecular weight excluding hydrogens is 340 g/mol. The summed E-state index contributed by atoms with van der Waals surface area (Å²) >= 11 is 0. The van der Waals surface area contributed by atoms with Crippen LogP contribution < -0.4 is 5.32 Å². The van der Waals surface area contributed by atoms with E-state index in [1.54, 1.807) is 23.0 Å². The molecule has 1 saturated carbocycles. The normalized spacial score (nSPS) is 14.6. The maximum atomic E-state index is 13.7. The number of carbonyl (C=O) groups is 1. The molecule has 26 heavy (non-hydrogen) atoms. The quantitative estimate of drug-likeness (QED) is 0.772. The van der Waals surface area contributed by atoms with Gasteiger partial charge < -0.3 is 5.32 Å². The highest BCUT2D eigenvalue weighted by atomic mass is 19.3. The van der Waals surface area contributed by atoms with Crippen molar-refractivity contribution in [3.05, 3.63) is 41.9 Å². The van der Waals surface area contributed by atoms with Crippen LogP contribution in [0.3, 0.4) is 0 Å². The highest BCUT2D eigenvalue weighted by Crippen LogP contribution is 2.43. The lowest BCUT2D eigenvalue weighted by atomic mass is 10.2. The SMILES string of the molecule is CC(=O)Nc1cc2c(cn1)c(C1CC1)nn2-c1cccc(C(C)(F)F)n1.